The molecule has 2 atom stereocenters. The Kier molecular flexibility index (Phi) is 2.70. The third-order valence-corrected chi connectivity index (χ3v) is 3.35. The van der Waals surface area contributed by atoms with Gasteiger partial charge in [-0.3, -0.25) is 0 Å². The van der Waals surface area contributed by atoms with Gasteiger partial charge >= 0.3 is 0 Å². The lowest BCUT2D eigenvalue weighted by Crippen LogP contribution is -2.23. The average molecular weight is 178 g/mol. The minimum atomic E-state index is 0.324. The SMILES string of the molecule is CC1=CC=C(C(C)(C)C)C(C)C1C. The van der Waals surface area contributed by atoms with Gasteiger partial charge in [0.1, 0.15) is 0 Å². The maximum atomic E-state index is 2.35. The van der Waals surface area contributed by atoms with Gasteiger partial charge in [0.25, 0.3) is 0 Å². The molecule has 74 valence electrons. The number of hydrogen-bond donors (Lipinski definition) is 0. The topological polar surface area (TPSA) is 0 Å². The van der Waals surface area contributed by atoms with Gasteiger partial charge in [0.2, 0.25) is 0 Å². The van der Waals surface area contributed by atoms with Crippen molar-refractivity contribution >= 4 is 0 Å². The van der Waals surface area contributed by atoms with Crippen LogP contribution in [0.25, 0.3) is 0 Å². The lowest BCUT2D eigenvalue weighted by Gasteiger charge is -2.35. The van der Waals surface area contributed by atoms with Crippen LogP contribution in [0.4, 0.5) is 0 Å². The first-order valence-electron chi connectivity index (χ1n) is 5.23. The Bertz CT molecular complexity index is 248. The Balaban J connectivity index is 3.01. The molecule has 0 fully saturated rings. The van der Waals surface area contributed by atoms with E-state index in [4.69, 9.17) is 0 Å². The molecule has 0 N–H and O–H groups in total. The monoisotopic (exact) mass is 178 g/mol. The Labute approximate surface area is 82.7 Å². The third-order valence-electron chi connectivity index (χ3n) is 3.35. The van der Waals surface area contributed by atoms with Crippen LogP contribution >= 0.6 is 0 Å². The highest BCUT2D eigenvalue weighted by Crippen LogP contribution is 2.39. The lowest BCUT2D eigenvalue weighted by atomic mass is 9.70. The molecule has 0 aromatic rings. The van der Waals surface area contributed by atoms with Gasteiger partial charge in [0, 0.05) is 0 Å². The van der Waals surface area contributed by atoms with E-state index in [0.717, 1.165) is 0 Å². The van der Waals surface area contributed by atoms with E-state index in [1.807, 2.05) is 0 Å². The predicted molar refractivity (Wildman–Crippen MR) is 59.6 cm³/mol. The van der Waals surface area contributed by atoms with Crippen molar-refractivity contribution in [3.63, 3.8) is 0 Å². The molecule has 0 amide bonds. The summed E-state index contributed by atoms with van der Waals surface area (Å²) in [5.74, 6) is 1.41. The fourth-order valence-electron chi connectivity index (χ4n) is 2.12. The third kappa shape index (κ3) is 2.04. The molecule has 0 spiro atoms. The Morgan fingerprint density at radius 3 is 2.00 bits per heavy atom. The van der Waals surface area contributed by atoms with Gasteiger partial charge < -0.3 is 0 Å². The van der Waals surface area contributed by atoms with Crippen LogP contribution in [0.15, 0.2) is 23.3 Å². The lowest BCUT2D eigenvalue weighted by molar-refractivity contribution is 0.379. The van der Waals surface area contributed by atoms with E-state index in [2.05, 4.69) is 53.7 Å². The molecule has 0 saturated heterocycles. The van der Waals surface area contributed by atoms with Crippen molar-refractivity contribution in [1.29, 1.82) is 0 Å². The van der Waals surface area contributed by atoms with E-state index < -0.39 is 0 Å². The molecule has 0 saturated carbocycles. The summed E-state index contributed by atoms with van der Waals surface area (Å²) in [5.41, 5.74) is 3.43. The van der Waals surface area contributed by atoms with E-state index in [0.29, 0.717) is 17.3 Å². The first-order valence-corrected chi connectivity index (χ1v) is 5.23. The average Bonchev–Trinajstić information content (AvgIpc) is 1.98. The summed E-state index contributed by atoms with van der Waals surface area (Å²) >= 11 is 0. The second-order valence-corrected chi connectivity index (χ2v) is 5.36. The zero-order chi connectivity index (χ0) is 10.2. The van der Waals surface area contributed by atoms with Crippen LogP contribution in [0.1, 0.15) is 41.5 Å². The fraction of sp³-hybridized carbons (Fsp3) is 0.692. The van der Waals surface area contributed by atoms with Crippen molar-refractivity contribution in [2.75, 3.05) is 0 Å². The summed E-state index contributed by atoms with van der Waals surface area (Å²) in [7, 11) is 0. The van der Waals surface area contributed by atoms with Crippen molar-refractivity contribution in [2.45, 2.75) is 41.5 Å². The van der Waals surface area contributed by atoms with Crippen LogP contribution in [-0.4, -0.2) is 0 Å². The maximum absolute atomic E-state index is 2.35. The molecule has 0 bridgehead atoms. The second kappa shape index (κ2) is 3.32. The quantitative estimate of drug-likeness (QED) is 0.521. The van der Waals surface area contributed by atoms with E-state index in [1.54, 1.807) is 5.57 Å². The van der Waals surface area contributed by atoms with E-state index in [1.165, 1.54) is 5.57 Å². The van der Waals surface area contributed by atoms with Crippen LogP contribution in [0.5, 0.6) is 0 Å². The van der Waals surface area contributed by atoms with Crippen molar-refractivity contribution < 1.29 is 0 Å². The summed E-state index contributed by atoms with van der Waals surface area (Å²) in [6.45, 7) is 13.8. The first-order chi connectivity index (χ1) is 5.84. The molecule has 0 heterocycles. The summed E-state index contributed by atoms with van der Waals surface area (Å²) in [5, 5.41) is 0. The van der Waals surface area contributed by atoms with Crippen LogP contribution in [0, 0.1) is 17.3 Å². The highest BCUT2D eigenvalue weighted by molar-refractivity contribution is 5.30. The minimum Gasteiger partial charge on any atom is -0.0699 e. The molecule has 1 aliphatic carbocycles. The van der Waals surface area contributed by atoms with Crippen LogP contribution in [0.3, 0.4) is 0 Å². The molecular formula is C13H22. The molecule has 0 aliphatic heterocycles. The van der Waals surface area contributed by atoms with Crippen molar-refractivity contribution in [3.8, 4) is 0 Å². The Morgan fingerprint density at radius 2 is 1.54 bits per heavy atom. The van der Waals surface area contributed by atoms with Crippen molar-refractivity contribution in [3.05, 3.63) is 23.3 Å². The van der Waals surface area contributed by atoms with Crippen LogP contribution < -0.4 is 0 Å². The number of hydrogen-bond acceptors (Lipinski definition) is 0. The fourth-order valence-corrected chi connectivity index (χ4v) is 2.12. The van der Waals surface area contributed by atoms with E-state index >= 15 is 0 Å². The molecule has 0 radical (unpaired) electrons. The first kappa shape index (κ1) is 10.6. The summed E-state index contributed by atoms with van der Waals surface area (Å²) in [4.78, 5) is 0. The van der Waals surface area contributed by atoms with Crippen molar-refractivity contribution in [2.24, 2.45) is 17.3 Å². The van der Waals surface area contributed by atoms with E-state index in [9.17, 15) is 0 Å². The van der Waals surface area contributed by atoms with Gasteiger partial charge in [-0.2, -0.15) is 0 Å². The van der Waals surface area contributed by atoms with Gasteiger partial charge in [-0.25, -0.2) is 0 Å². The van der Waals surface area contributed by atoms with Gasteiger partial charge in [-0.1, -0.05) is 57.9 Å². The summed E-state index contributed by atoms with van der Waals surface area (Å²) in [6.07, 6.45) is 4.60. The van der Waals surface area contributed by atoms with Gasteiger partial charge in [-0.05, 0) is 24.2 Å². The Hall–Kier alpha value is -0.520. The predicted octanol–water partition coefficient (Wildman–Crippen LogP) is 4.19. The normalized spacial score (nSPS) is 29.7. The number of rotatable bonds is 0. The minimum absolute atomic E-state index is 0.324. The summed E-state index contributed by atoms with van der Waals surface area (Å²) in [6, 6.07) is 0. The van der Waals surface area contributed by atoms with Gasteiger partial charge in [-0.15, -0.1) is 0 Å². The molecule has 0 heteroatoms. The highest BCUT2D eigenvalue weighted by Gasteiger charge is 2.28. The van der Waals surface area contributed by atoms with E-state index in [-0.39, 0.29) is 0 Å². The molecule has 0 nitrogen and oxygen atoms in total. The number of allylic oxidation sites excluding steroid dienone is 4. The molecule has 1 rings (SSSR count). The standard InChI is InChI=1S/C13H22/c1-9-7-8-12(13(4,5)6)11(3)10(9)2/h7-8,10-11H,1-6H3. The smallest absolute Gasteiger partial charge is 0.0160 e. The second-order valence-electron chi connectivity index (χ2n) is 5.36. The van der Waals surface area contributed by atoms with Gasteiger partial charge in [0.15, 0.2) is 0 Å². The zero-order valence-electron chi connectivity index (χ0n) is 9.81. The van der Waals surface area contributed by atoms with Gasteiger partial charge in [0.05, 0.1) is 0 Å². The Morgan fingerprint density at radius 1 is 1.00 bits per heavy atom. The molecule has 13 heavy (non-hydrogen) atoms. The maximum Gasteiger partial charge on any atom is -0.0160 e. The van der Waals surface area contributed by atoms with Crippen molar-refractivity contribution in [1.82, 2.24) is 0 Å². The highest BCUT2D eigenvalue weighted by atomic mass is 14.3. The molecule has 0 aromatic heterocycles. The molecule has 0 aromatic carbocycles. The molecule has 2 unspecified atom stereocenters. The van der Waals surface area contributed by atoms with Crippen LogP contribution in [-0.2, 0) is 0 Å². The molecule has 1 aliphatic rings. The summed E-state index contributed by atoms with van der Waals surface area (Å²) < 4.78 is 0. The zero-order valence-corrected chi connectivity index (χ0v) is 9.81. The largest absolute Gasteiger partial charge is 0.0699 e. The van der Waals surface area contributed by atoms with Crippen LogP contribution in [0.2, 0.25) is 0 Å². The molecular weight excluding hydrogens is 156 g/mol.